The van der Waals surface area contributed by atoms with E-state index >= 15 is 0 Å². The Labute approximate surface area is 144 Å². The van der Waals surface area contributed by atoms with E-state index in [0.29, 0.717) is 17.6 Å². The Kier molecular flexibility index (Phi) is 7.47. The molecule has 0 N–H and O–H groups in total. The second-order valence-electron chi connectivity index (χ2n) is 6.77. The Morgan fingerprint density at radius 1 is 1.13 bits per heavy atom. The number of carbonyl (C=O) groups is 2. The first-order valence-corrected chi connectivity index (χ1v) is 10.0. The molecule has 2 aliphatic heterocycles. The molecule has 23 heavy (non-hydrogen) atoms. The molecule has 0 aliphatic carbocycles. The van der Waals surface area contributed by atoms with Crippen molar-refractivity contribution in [3.8, 4) is 0 Å². The molecule has 0 aromatic heterocycles. The molecule has 2 rings (SSSR count). The fraction of sp³-hybridized carbons (Fsp3) is 0.778. The molecule has 2 fully saturated rings. The van der Waals surface area contributed by atoms with Crippen molar-refractivity contribution >= 4 is 23.6 Å². The van der Waals surface area contributed by atoms with Gasteiger partial charge in [0, 0.05) is 37.8 Å². The molecule has 0 bridgehead atoms. The predicted molar refractivity (Wildman–Crippen MR) is 96.4 cm³/mol. The second kappa shape index (κ2) is 9.36. The Balaban J connectivity index is 1.72. The first-order valence-electron chi connectivity index (χ1n) is 8.87. The monoisotopic (exact) mass is 338 g/mol. The number of piperidine rings is 2. The molecule has 1 unspecified atom stereocenters. The summed E-state index contributed by atoms with van der Waals surface area (Å²) in [6.07, 6.45) is 8.11. The molecule has 130 valence electrons. The maximum atomic E-state index is 12.6. The van der Waals surface area contributed by atoms with Crippen LogP contribution in [0.4, 0.5) is 0 Å². The first-order chi connectivity index (χ1) is 11.1. The number of hydrogen-bond donors (Lipinski definition) is 0. The van der Waals surface area contributed by atoms with Crippen molar-refractivity contribution in [1.82, 2.24) is 9.80 Å². The van der Waals surface area contributed by atoms with Crippen LogP contribution in [-0.2, 0) is 9.59 Å². The molecule has 1 atom stereocenters. The third-order valence-electron chi connectivity index (χ3n) is 4.84. The predicted octanol–water partition coefficient (Wildman–Crippen LogP) is 2.79. The third-order valence-corrected chi connectivity index (χ3v) is 5.72. The van der Waals surface area contributed by atoms with Crippen molar-refractivity contribution in [3.05, 3.63) is 12.2 Å². The van der Waals surface area contributed by atoms with Crippen molar-refractivity contribution in [2.24, 2.45) is 11.8 Å². The lowest BCUT2D eigenvalue weighted by atomic mass is 9.93. The fourth-order valence-corrected chi connectivity index (χ4v) is 4.23. The summed E-state index contributed by atoms with van der Waals surface area (Å²) in [4.78, 5) is 28.8. The maximum absolute atomic E-state index is 12.6. The maximum Gasteiger partial charge on any atom is 0.232 e. The molecule has 2 heterocycles. The van der Waals surface area contributed by atoms with Crippen LogP contribution in [0.2, 0.25) is 0 Å². The molecular formula is C18H30N2O2S. The summed E-state index contributed by atoms with van der Waals surface area (Å²) in [5, 5.41) is 0. The molecule has 5 heteroatoms. The smallest absolute Gasteiger partial charge is 0.232 e. The highest BCUT2D eigenvalue weighted by atomic mass is 32.2. The Hall–Kier alpha value is -0.970. The Bertz CT molecular complexity index is 431. The van der Waals surface area contributed by atoms with E-state index in [0.717, 1.165) is 51.2 Å². The molecule has 2 amide bonds. The highest BCUT2D eigenvalue weighted by Crippen LogP contribution is 2.24. The Morgan fingerprint density at radius 2 is 1.87 bits per heavy atom. The zero-order valence-corrected chi connectivity index (χ0v) is 15.3. The minimum Gasteiger partial charge on any atom is -0.342 e. The summed E-state index contributed by atoms with van der Waals surface area (Å²) in [5.74, 6) is 2.74. The molecule has 0 radical (unpaired) electrons. The lowest BCUT2D eigenvalue weighted by Gasteiger charge is -2.37. The van der Waals surface area contributed by atoms with Crippen LogP contribution < -0.4 is 0 Å². The van der Waals surface area contributed by atoms with E-state index in [2.05, 4.69) is 17.9 Å². The normalized spacial score (nSPS) is 23.5. The number of rotatable bonds is 5. The van der Waals surface area contributed by atoms with Crippen LogP contribution in [-0.4, -0.2) is 59.3 Å². The standard InChI is InChI=1S/C18H30N2O2S/c1-3-4-12-23-14-17(21)19-10-7-16(8-11-19)18(22)20-9-5-6-15(2)13-20/h3-4,15-16H,5-14H2,1-2H3/b4-3+. The molecule has 2 saturated heterocycles. The molecule has 0 aromatic rings. The number of carbonyl (C=O) groups excluding carboxylic acids is 2. The summed E-state index contributed by atoms with van der Waals surface area (Å²) in [6.45, 7) is 7.54. The second-order valence-corrected chi connectivity index (χ2v) is 7.80. The van der Waals surface area contributed by atoms with E-state index in [1.165, 1.54) is 6.42 Å². The van der Waals surface area contributed by atoms with Crippen molar-refractivity contribution in [2.45, 2.75) is 39.5 Å². The summed E-state index contributed by atoms with van der Waals surface area (Å²) >= 11 is 1.66. The van der Waals surface area contributed by atoms with Crippen molar-refractivity contribution in [1.29, 1.82) is 0 Å². The van der Waals surface area contributed by atoms with Gasteiger partial charge in [-0.25, -0.2) is 0 Å². The summed E-state index contributed by atoms with van der Waals surface area (Å²) in [5.41, 5.74) is 0. The van der Waals surface area contributed by atoms with Crippen molar-refractivity contribution in [3.63, 3.8) is 0 Å². The minimum atomic E-state index is 0.125. The van der Waals surface area contributed by atoms with Gasteiger partial charge in [-0.2, -0.15) is 0 Å². The van der Waals surface area contributed by atoms with E-state index in [-0.39, 0.29) is 11.8 Å². The fourth-order valence-electron chi connectivity index (χ4n) is 3.43. The topological polar surface area (TPSA) is 40.6 Å². The van der Waals surface area contributed by atoms with Gasteiger partial charge in [-0.1, -0.05) is 19.1 Å². The van der Waals surface area contributed by atoms with Crippen LogP contribution in [0.5, 0.6) is 0 Å². The lowest BCUT2D eigenvalue weighted by Crippen LogP contribution is -2.47. The number of allylic oxidation sites excluding steroid dienone is 1. The van der Waals surface area contributed by atoms with Gasteiger partial charge >= 0.3 is 0 Å². The van der Waals surface area contributed by atoms with Gasteiger partial charge in [0.05, 0.1) is 5.75 Å². The molecular weight excluding hydrogens is 308 g/mol. The average molecular weight is 339 g/mol. The van der Waals surface area contributed by atoms with E-state index in [1.54, 1.807) is 11.8 Å². The highest BCUT2D eigenvalue weighted by molar-refractivity contribution is 8.00. The van der Waals surface area contributed by atoms with Crippen LogP contribution in [0.3, 0.4) is 0 Å². The number of amides is 2. The number of nitrogens with zero attached hydrogens (tertiary/aromatic N) is 2. The highest BCUT2D eigenvalue weighted by Gasteiger charge is 2.31. The van der Waals surface area contributed by atoms with Crippen LogP contribution in [0.25, 0.3) is 0 Å². The molecule has 0 spiro atoms. The van der Waals surface area contributed by atoms with Gasteiger partial charge in [0.1, 0.15) is 0 Å². The number of thioether (sulfide) groups is 1. The van der Waals surface area contributed by atoms with E-state index in [9.17, 15) is 9.59 Å². The van der Waals surface area contributed by atoms with Gasteiger partial charge in [0.25, 0.3) is 0 Å². The van der Waals surface area contributed by atoms with E-state index in [1.807, 2.05) is 17.9 Å². The van der Waals surface area contributed by atoms with Crippen molar-refractivity contribution in [2.75, 3.05) is 37.7 Å². The SMILES string of the molecule is C/C=C/CSCC(=O)N1CCC(C(=O)N2CCCC(C)C2)CC1. The zero-order valence-electron chi connectivity index (χ0n) is 14.5. The molecule has 0 saturated carbocycles. The van der Waals surface area contributed by atoms with Gasteiger partial charge in [-0.05, 0) is 38.5 Å². The number of hydrogen-bond acceptors (Lipinski definition) is 3. The quantitative estimate of drug-likeness (QED) is 0.572. The summed E-state index contributed by atoms with van der Waals surface area (Å²) in [7, 11) is 0. The largest absolute Gasteiger partial charge is 0.342 e. The van der Waals surface area contributed by atoms with Crippen LogP contribution >= 0.6 is 11.8 Å². The van der Waals surface area contributed by atoms with Crippen LogP contribution in [0.15, 0.2) is 12.2 Å². The van der Waals surface area contributed by atoms with Gasteiger partial charge in [-0.3, -0.25) is 9.59 Å². The van der Waals surface area contributed by atoms with Gasteiger partial charge in [0.15, 0.2) is 0 Å². The molecule has 0 aromatic carbocycles. The zero-order chi connectivity index (χ0) is 16.7. The van der Waals surface area contributed by atoms with Gasteiger partial charge in [0.2, 0.25) is 11.8 Å². The van der Waals surface area contributed by atoms with Crippen LogP contribution in [0, 0.1) is 11.8 Å². The van der Waals surface area contributed by atoms with E-state index in [4.69, 9.17) is 0 Å². The van der Waals surface area contributed by atoms with Gasteiger partial charge in [-0.15, -0.1) is 11.8 Å². The first kappa shape index (κ1) is 18.4. The summed E-state index contributed by atoms with van der Waals surface area (Å²) in [6, 6.07) is 0. The average Bonchev–Trinajstić information content (AvgIpc) is 2.58. The van der Waals surface area contributed by atoms with E-state index < -0.39 is 0 Å². The Morgan fingerprint density at radius 3 is 2.52 bits per heavy atom. The lowest BCUT2D eigenvalue weighted by molar-refractivity contribution is -0.141. The molecule has 2 aliphatic rings. The molecule has 4 nitrogen and oxygen atoms in total. The number of likely N-dealkylation sites (tertiary alicyclic amines) is 2. The third kappa shape index (κ3) is 5.55. The summed E-state index contributed by atoms with van der Waals surface area (Å²) < 4.78 is 0. The van der Waals surface area contributed by atoms with Gasteiger partial charge < -0.3 is 9.80 Å². The minimum absolute atomic E-state index is 0.125. The van der Waals surface area contributed by atoms with Crippen molar-refractivity contribution < 1.29 is 9.59 Å². The van der Waals surface area contributed by atoms with Crippen LogP contribution in [0.1, 0.15) is 39.5 Å².